The van der Waals surface area contributed by atoms with Crippen molar-refractivity contribution in [2.75, 3.05) is 40.6 Å². The van der Waals surface area contributed by atoms with Crippen LogP contribution in [0.4, 0.5) is 0 Å². The number of fused-ring (bicyclic) bond motifs is 2. The van der Waals surface area contributed by atoms with Crippen LogP contribution >= 0.6 is 11.6 Å². The highest BCUT2D eigenvalue weighted by molar-refractivity contribution is 6.35. The van der Waals surface area contributed by atoms with E-state index in [1.807, 2.05) is 12.1 Å². The van der Waals surface area contributed by atoms with Gasteiger partial charge in [-0.1, -0.05) is 60.1 Å². The fraction of sp³-hybridized carbons (Fsp3) is 0.263. The van der Waals surface area contributed by atoms with E-state index in [1.54, 1.807) is 66.7 Å². The van der Waals surface area contributed by atoms with Crippen LogP contribution in [0.25, 0.3) is 0 Å². The SMILES string of the molecule is COc1ccc(C(=O)N[C@@H](c2ccccc2)C(O)CN(CCc2ccc3c(c2)OCO3)C(=O)CCN2C(=O)c3ccccc3C2=O)c(Cl)c1OC. The summed E-state index contributed by atoms with van der Waals surface area (Å²) in [5, 5.41) is 14.7. The number of imide groups is 1. The number of aliphatic hydroxyl groups excluding tert-OH is 1. The molecule has 264 valence electrons. The number of benzene rings is 4. The number of amides is 4. The van der Waals surface area contributed by atoms with Crippen LogP contribution in [-0.2, 0) is 11.2 Å². The van der Waals surface area contributed by atoms with E-state index >= 15 is 0 Å². The highest BCUT2D eigenvalue weighted by Crippen LogP contribution is 2.38. The zero-order chi connectivity index (χ0) is 36.1. The molecule has 0 fully saturated rings. The average molecular weight is 714 g/mol. The van der Waals surface area contributed by atoms with Crippen molar-refractivity contribution in [1.29, 1.82) is 0 Å². The van der Waals surface area contributed by atoms with E-state index in [4.69, 9.17) is 30.5 Å². The predicted octanol–water partition coefficient (Wildman–Crippen LogP) is 4.68. The molecule has 0 spiro atoms. The molecule has 4 aromatic rings. The van der Waals surface area contributed by atoms with E-state index in [-0.39, 0.29) is 49.2 Å². The summed E-state index contributed by atoms with van der Waals surface area (Å²) in [6.07, 6.45) is -1.08. The molecule has 1 unspecified atom stereocenters. The quantitative estimate of drug-likeness (QED) is 0.178. The molecule has 0 aromatic heterocycles. The number of carbonyl (C=O) groups excluding carboxylic acids is 4. The molecule has 4 amide bonds. The van der Waals surface area contributed by atoms with Gasteiger partial charge in [0.1, 0.15) is 0 Å². The molecular weight excluding hydrogens is 678 g/mol. The Bertz CT molecular complexity index is 1920. The maximum atomic E-state index is 13.9. The standard InChI is InChI=1S/C38H36ClN3O9/c1-48-30-15-13-27(33(39)35(30)49-2)36(45)40-34(24-8-4-3-5-9-24)28(43)21-41(18-16-23-12-14-29-31(20-23)51-22-50-29)32(44)17-19-42-37(46)25-10-6-7-11-26(25)38(42)47/h3-15,20,28,34,43H,16-19,21-22H2,1-2H3,(H,40,45)/t28?,34-/m0/s1. The molecule has 13 heteroatoms. The van der Waals surface area contributed by atoms with Crippen molar-refractivity contribution in [2.45, 2.75) is 25.0 Å². The summed E-state index contributed by atoms with van der Waals surface area (Å²) in [5.41, 5.74) is 2.13. The van der Waals surface area contributed by atoms with Crippen molar-refractivity contribution < 1.29 is 43.2 Å². The first-order valence-electron chi connectivity index (χ1n) is 16.3. The Balaban J connectivity index is 1.23. The van der Waals surface area contributed by atoms with Gasteiger partial charge in [-0.25, -0.2) is 0 Å². The summed E-state index contributed by atoms with van der Waals surface area (Å²) < 4.78 is 21.6. The number of halogens is 1. The van der Waals surface area contributed by atoms with Crippen LogP contribution in [-0.4, -0.2) is 85.3 Å². The molecule has 0 aliphatic carbocycles. The van der Waals surface area contributed by atoms with Crippen molar-refractivity contribution >= 4 is 35.2 Å². The molecule has 12 nitrogen and oxygen atoms in total. The van der Waals surface area contributed by atoms with Gasteiger partial charge in [0.25, 0.3) is 17.7 Å². The lowest BCUT2D eigenvalue weighted by atomic mass is 9.99. The number of nitrogens with one attached hydrogen (secondary N) is 1. The van der Waals surface area contributed by atoms with E-state index in [9.17, 15) is 24.3 Å². The van der Waals surface area contributed by atoms with Gasteiger partial charge in [-0.15, -0.1) is 0 Å². The Kier molecular flexibility index (Phi) is 10.7. The second-order valence-corrected chi connectivity index (χ2v) is 12.3. The second-order valence-electron chi connectivity index (χ2n) is 11.9. The number of ether oxygens (including phenoxy) is 4. The number of methoxy groups -OCH3 is 2. The summed E-state index contributed by atoms with van der Waals surface area (Å²) in [5.74, 6) is -0.161. The molecule has 0 saturated carbocycles. The van der Waals surface area contributed by atoms with Crippen LogP contribution in [0.2, 0.25) is 5.02 Å². The highest BCUT2D eigenvalue weighted by atomic mass is 35.5. The number of aliphatic hydroxyl groups is 1. The second kappa shape index (κ2) is 15.5. The minimum atomic E-state index is -1.30. The Morgan fingerprint density at radius 2 is 1.61 bits per heavy atom. The monoisotopic (exact) mass is 713 g/mol. The van der Waals surface area contributed by atoms with Crippen molar-refractivity contribution in [3.8, 4) is 23.0 Å². The molecule has 2 N–H and O–H groups in total. The van der Waals surface area contributed by atoms with E-state index in [2.05, 4.69) is 5.32 Å². The first kappa shape index (κ1) is 35.2. The first-order valence-corrected chi connectivity index (χ1v) is 16.6. The van der Waals surface area contributed by atoms with Gasteiger partial charge in [0, 0.05) is 26.1 Å². The van der Waals surface area contributed by atoms with Crippen molar-refractivity contribution in [2.24, 2.45) is 0 Å². The number of hydrogen-bond acceptors (Lipinski definition) is 9. The average Bonchev–Trinajstić information content (AvgIpc) is 3.72. The lowest BCUT2D eigenvalue weighted by molar-refractivity contribution is -0.133. The van der Waals surface area contributed by atoms with Crippen LogP contribution in [0, 0.1) is 0 Å². The number of hydrogen-bond donors (Lipinski definition) is 2. The molecular formula is C38H36ClN3O9. The topological polar surface area (TPSA) is 144 Å². The number of rotatable bonds is 14. The summed E-state index contributed by atoms with van der Waals surface area (Å²) in [6, 6.07) is 23.0. The third kappa shape index (κ3) is 7.47. The summed E-state index contributed by atoms with van der Waals surface area (Å²) in [6.45, 7) is -0.0351. The minimum Gasteiger partial charge on any atom is -0.493 e. The van der Waals surface area contributed by atoms with E-state index < -0.39 is 35.8 Å². The van der Waals surface area contributed by atoms with Gasteiger partial charge in [0.2, 0.25) is 12.7 Å². The van der Waals surface area contributed by atoms with Gasteiger partial charge in [-0.05, 0) is 53.9 Å². The molecule has 2 aliphatic rings. The molecule has 51 heavy (non-hydrogen) atoms. The number of carbonyl (C=O) groups is 4. The van der Waals surface area contributed by atoms with Gasteiger partial charge >= 0.3 is 0 Å². The van der Waals surface area contributed by atoms with Gasteiger partial charge in [0.15, 0.2) is 23.0 Å². The maximum Gasteiger partial charge on any atom is 0.261 e. The summed E-state index contributed by atoms with van der Waals surface area (Å²) in [7, 11) is 2.86. The van der Waals surface area contributed by atoms with Crippen molar-refractivity contribution in [1.82, 2.24) is 15.1 Å². The highest BCUT2D eigenvalue weighted by Gasteiger charge is 2.36. The third-order valence-corrected chi connectivity index (χ3v) is 9.23. The summed E-state index contributed by atoms with van der Waals surface area (Å²) in [4.78, 5) is 56.1. The largest absolute Gasteiger partial charge is 0.493 e. The minimum absolute atomic E-state index is 0.0318. The molecule has 2 aliphatic heterocycles. The Morgan fingerprint density at radius 1 is 0.922 bits per heavy atom. The zero-order valence-corrected chi connectivity index (χ0v) is 28.7. The van der Waals surface area contributed by atoms with Gasteiger partial charge in [-0.2, -0.15) is 0 Å². The Morgan fingerprint density at radius 3 is 2.29 bits per heavy atom. The maximum absolute atomic E-state index is 13.9. The molecule has 0 saturated heterocycles. The van der Waals surface area contributed by atoms with E-state index in [0.29, 0.717) is 40.4 Å². The van der Waals surface area contributed by atoms with Crippen LogP contribution in [0.15, 0.2) is 84.9 Å². The fourth-order valence-corrected chi connectivity index (χ4v) is 6.48. The summed E-state index contributed by atoms with van der Waals surface area (Å²) >= 11 is 6.55. The molecule has 2 heterocycles. The lowest BCUT2D eigenvalue weighted by Gasteiger charge is -2.31. The van der Waals surface area contributed by atoms with Crippen molar-refractivity contribution in [3.63, 3.8) is 0 Å². The van der Waals surface area contributed by atoms with Crippen molar-refractivity contribution in [3.05, 3.63) is 118 Å². The third-order valence-electron chi connectivity index (χ3n) is 8.85. The van der Waals surface area contributed by atoms with Gasteiger partial charge in [0.05, 0.1) is 48.1 Å². The lowest BCUT2D eigenvalue weighted by Crippen LogP contribution is -2.46. The molecule has 0 bridgehead atoms. The van der Waals surface area contributed by atoms with E-state index in [0.717, 1.165) is 10.5 Å². The molecule has 6 rings (SSSR count). The van der Waals surface area contributed by atoms with Gasteiger partial charge in [-0.3, -0.25) is 24.1 Å². The van der Waals surface area contributed by atoms with Crippen LogP contribution in [0.1, 0.15) is 54.7 Å². The van der Waals surface area contributed by atoms with Crippen LogP contribution in [0.5, 0.6) is 23.0 Å². The molecule has 2 atom stereocenters. The fourth-order valence-electron chi connectivity index (χ4n) is 6.16. The normalized spacial score (nSPS) is 14.2. The number of nitrogens with zero attached hydrogens (tertiary/aromatic N) is 2. The van der Waals surface area contributed by atoms with Crippen LogP contribution in [0.3, 0.4) is 0 Å². The smallest absolute Gasteiger partial charge is 0.261 e. The first-order chi connectivity index (χ1) is 24.7. The van der Waals surface area contributed by atoms with Crippen LogP contribution < -0.4 is 24.3 Å². The molecule has 0 radical (unpaired) electrons. The predicted molar refractivity (Wildman–Crippen MR) is 186 cm³/mol. The Labute approximate surface area is 299 Å². The molecule has 4 aromatic carbocycles. The van der Waals surface area contributed by atoms with E-state index in [1.165, 1.54) is 25.2 Å². The van der Waals surface area contributed by atoms with Gasteiger partial charge < -0.3 is 34.3 Å². The Hall–Kier alpha value is -5.59. The zero-order valence-electron chi connectivity index (χ0n) is 28.0.